The van der Waals surface area contributed by atoms with Crippen molar-refractivity contribution in [3.63, 3.8) is 0 Å². The molecule has 1 aromatic carbocycles. The highest BCUT2D eigenvalue weighted by molar-refractivity contribution is 5.33. The fourth-order valence-electron chi connectivity index (χ4n) is 3.16. The number of hydrogen-bond acceptors (Lipinski definition) is 3. The standard InChI is InChI=1S/C18H30N2O/c1-19-15-16-9-7-8-12-18(16)21-14-13-20(2)17-10-5-3-4-6-11-17/h7-9,12,17,19H,3-6,10-11,13-15H2,1-2H3. The normalized spacial score (nSPS) is 16.9. The number of likely N-dealkylation sites (N-methyl/N-ethyl adjacent to an activating group) is 1. The number of ether oxygens (including phenoxy) is 1. The lowest BCUT2D eigenvalue weighted by Gasteiger charge is -2.27. The van der Waals surface area contributed by atoms with Crippen LogP contribution < -0.4 is 10.1 Å². The van der Waals surface area contributed by atoms with E-state index in [1.807, 2.05) is 13.1 Å². The molecule has 0 amide bonds. The average Bonchev–Trinajstić information content (AvgIpc) is 2.78. The molecule has 0 heterocycles. The molecular weight excluding hydrogens is 260 g/mol. The first kappa shape index (κ1) is 16.3. The molecule has 0 saturated heterocycles. The largest absolute Gasteiger partial charge is 0.492 e. The van der Waals surface area contributed by atoms with Crippen LogP contribution in [0.5, 0.6) is 5.75 Å². The van der Waals surface area contributed by atoms with E-state index in [4.69, 9.17) is 4.74 Å². The molecule has 21 heavy (non-hydrogen) atoms. The van der Waals surface area contributed by atoms with Crippen molar-refractivity contribution in [1.29, 1.82) is 0 Å². The van der Waals surface area contributed by atoms with Crippen LogP contribution in [0.25, 0.3) is 0 Å². The topological polar surface area (TPSA) is 24.5 Å². The lowest BCUT2D eigenvalue weighted by Crippen LogP contribution is -2.34. The van der Waals surface area contributed by atoms with Crippen LogP contribution in [0.1, 0.15) is 44.1 Å². The zero-order valence-electron chi connectivity index (χ0n) is 13.6. The average molecular weight is 290 g/mol. The van der Waals surface area contributed by atoms with Gasteiger partial charge in [0.1, 0.15) is 12.4 Å². The Bertz CT molecular complexity index is 400. The third kappa shape index (κ3) is 5.33. The highest BCUT2D eigenvalue weighted by Gasteiger charge is 2.16. The Morgan fingerprint density at radius 3 is 2.57 bits per heavy atom. The van der Waals surface area contributed by atoms with Crippen molar-refractivity contribution in [2.75, 3.05) is 27.2 Å². The number of nitrogens with zero attached hydrogens (tertiary/aromatic N) is 1. The molecule has 0 aliphatic heterocycles. The summed E-state index contributed by atoms with van der Waals surface area (Å²) < 4.78 is 6.00. The number of benzene rings is 1. The van der Waals surface area contributed by atoms with E-state index in [0.717, 1.165) is 31.5 Å². The van der Waals surface area contributed by atoms with Crippen molar-refractivity contribution in [2.45, 2.75) is 51.1 Å². The van der Waals surface area contributed by atoms with Crippen LogP contribution in [-0.2, 0) is 6.54 Å². The van der Waals surface area contributed by atoms with Crippen molar-refractivity contribution in [2.24, 2.45) is 0 Å². The molecule has 1 saturated carbocycles. The molecule has 0 spiro atoms. The molecule has 0 bridgehead atoms. The van der Waals surface area contributed by atoms with Gasteiger partial charge in [-0.15, -0.1) is 0 Å². The molecule has 1 N–H and O–H groups in total. The van der Waals surface area contributed by atoms with Crippen LogP contribution in [0.2, 0.25) is 0 Å². The minimum atomic E-state index is 0.753. The minimum Gasteiger partial charge on any atom is -0.492 e. The first-order valence-corrected chi connectivity index (χ1v) is 8.37. The fourth-order valence-corrected chi connectivity index (χ4v) is 3.16. The molecule has 0 radical (unpaired) electrons. The Labute approximate surface area is 129 Å². The second-order valence-electron chi connectivity index (χ2n) is 6.11. The smallest absolute Gasteiger partial charge is 0.123 e. The van der Waals surface area contributed by atoms with Gasteiger partial charge in [-0.2, -0.15) is 0 Å². The van der Waals surface area contributed by atoms with Crippen LogP contribution in [-0.4, -0.2) is 38.2 Å². The lowest BCUT2D eigenvalue weighted by molar-refractivity contribution is 0.177. The Morgan fingerprint density at radius 1 is 1.14 bits per heavy atom. The highest BCUT2D eigenvalue weighted by atomic mass is 16.5. The number of para-hydroxylation sites is 1. The predicted octanol–water partition coefficient (Wildman–Crippen LogP) is 3.44. The third-order valence-electron chi connectivity index (χ3n) is 4.49. The Hall–Kier alpha value is -1.06. The van der Waals surface area contributed by atoms with Crippen LogP contribution in [0.15, 0.2) is 24.3 Å². The summed E-state index contributed by atoms with van der Waals surface area (Å²) in [6, 6.07) is 9.06. The molecule has 1 fully saturated rings. The van der Waals surface area contributed by atoms with E-state index >= 15 is 0 Å². The molecule has 3 nitrogen and oxygen atoms in total. The van der Waals surface area contributed by atoms with Gasteiger partial charge in [0.2, 0.25) is 0 Å². The monoisotopic (exact) mass is 290 g/mol. The van der Waals surface area contributed by atoms with E-state index in [9.17, 15) is 0 Å². The molecule has 0 atom stereocenters. The molecule has 118 valence electrons. The summed E-state index contributed by atoms with van der Waals surface area (Å²) in [5, 5.41) is 3.19. The van der Waals surface area contributed by atoms with E-state index in [1.54, 1.807) is 0 Å². The van der Waals surface area contributed by atoms with Gasteiger partial charge in [-0.05, 0) is 33.0 Å². The maximum atomic E-state index is 6.00. The van der Waals surface area contributed by atoms with Gasteiger partial charge in [0.05, 0.1) is 0 Å². The maximum absolute atomic E-state index is 6.00. The first-order valence-electron chi connectivity index (χ1n) is 8.37. The van der Waals surface area contributed by atoms with Gasteiger partial charge >= 0.3 is 0 Å². The minimum absolute atomic E-state index is 0.753. The number of rotatable bonds is 7. The molecule has 0 aromatic heterocycles. The Kier molecular flexibility index (Phi) is 7.04. The Balaban J connectivity index is 1.78. The van der Waals surface area contributed by atoms with Crippen molar-refractivity contribution < 1.29 is 4.74 Å². The summed E-state index contributed by atoms with van der Waals surface area (Å²) in [7, 11) is 4.22. The summed E-state index contributed by atoms with van der Waals surface area (Å²) in [4.78, 5) is 2.49. The van der Waals surface area contributed by atoms with Crippen LogP contribution in [0.3, 0.4) is 0 Å². The highest BCUT2D eigenvalue weighted by Crippen LogP contribution is 2.21. The van der Waals surface area contributed by atoms with Gasteiger partial charge in [0.15, 0.2) is 0 Å². The zero-order valence-corrected chi connectivity index (χ0v) is 13.6. The van der Waals surface area contributed by atoms with Gasteiger partial charge in [0, 0.05) is 24.7 Å². The quantitative estimate of drug-likeness (QED) is 0.779. The molecule has 1 aliphatic carbocycles. The molecule has 0 unspecified atom stereocenters. The van der Waals surface area contributed by atoms with Gasteiger partial charge < -0.3 is 15.0 Å². The molecule has 2 rings (SSSR count). The summed E-state index contributed by atoms with van der Waals surface area (Å²) >= 11 is 0. The summed E-state index contributed by atoms with van der Waals surface area (Å²) in [6.45, 7) is 2.64. The second-order valence-corrected chi connectivity index (χ2v) is 6.11. The Morgan fingerprint density at radius 2 is 1.86 bits per heavy atom. The van der Waals surface area contributed by atoms with Gasteiger partial charge in [-0.1, -0.05) is 43.9 Å². The third-order valence-corrected chi connectivity index (χ3v) is 4.49. The van der Waals surface area contributed by atoms with Crippen LogP contribution in [0.4, 0.5) is 0 Å². The van der Waals surface area contributed by atoms with E-state index in [2.05, 4.69) is 35.5 Å². The van der Waals surface area contributed by atoms with E-state index in [0.29, 0.717) is 0 Å². The van der Waals surface area contributed by atoms with Crippen molar-refractivity contribution in [3.05, 3.63) is 29.8 Å². The number of hydrogen-bond donors (Lipinski definition) is 1. The molecule has 1 aliphatic rings. The fraction of sp³-hybridized carbons (Fsp3) is 0.667. The predicted molar refractivity (Wildman–Crippen MR) is 88.8 cm³/mol. The van der Waals surface area contributed by atoms with Crippen molar-refractivity contribution in [1.82, 2.24) is 10.2 Å². The summed E-state index contributed by atoms with van der Waals surface area (Å²) in [5.74, 6) is 1.01. The molecular formula is C18H30N2O. The maximum Gasteiger partial charge on any atom is 0.123 e. The molecule has 1 aromatic rings. The second kappa shape index (κ2) is 9.06. The van der Waals surface area contributed by atoms with Gasteiger partial charge in [-0.3, -0.25) is 0 Å². The van der Waals surface area contributed by atoms with Gasteiger partial charge in [0.25, 0.3) is 0 Å². The van der Waals surface area contributed by atoms with Crippen molar-refractivity contribution in [3.8, 4) is 5.75 Å². The van der Waals surface area contributed by atoms with E-state index in [-0.39, 0.29) is 0 Å². The van der Waals surface area contributed by atoms with Crippen LogP contribution >= 0.6 is 0 Å². The summed E-state index contributed by atoms with van der Waals surface area (Å²) in [5.41, 5.74) is 1.23. The van der Waals surface area contributed by atoms with Gasteiger partial charge in [-0.25, -0.2) is 0 Å². The van der Waals surface area contributed by atoms with E-state index < -0.39 is 0 Å². The van der Waals surface area contributed by atoms with E-state index in [1.165, 1.54) is 44.1 Å². The lowest BCUT2D eigenvalue weighted by atomic mass is 10.1. The first-order chi connectivity index (χ1) is 10.3. The number of nitrogens with one attached hydrogen (secondary N) is 1. The zero-order chi connectivity index (χ0) is 14.9. The SMILES string of the molecule is CNCc1ccccc1OCCN(C)C1CCCCCC1. The van der Waals surface area contributed by atoms with Crippen molar-refractivity contribution >= 4 is 0 Å². The molecule has 3 heteroatoms. The summed E-state index contributed by atoms with van der Waals surface area (Å²) in [6.07, 6.45) is 8.32. The van der Waals surface area contributed by atoms with Crippen LogP contribution in [0, 0.1) is 0 Å².